The van der Waals surface area contributed by atoms with Gasteiger partial charge in [0, 0.05) is 49.9 Å². The molecule has 2 fully saturated rings. The first-order valence-corrected chi connectivity index (χ1v) is 11.8. The van der Waals surface area contributed by atoms with E-state index in [0.717, 1.165) is 43.8 Å². The van der Waals surface area contributed by atoms with Crippen LogP contribution in [0.5, 0.6) is 5.88 Å². The molecular weight excluding hydrogens is 461 g/mol. The number of carbonyl (C=O) groups excluding carboxylic acids is 1. The monoisotopic (exact) mass is 488 g/mol. The maximum Gasteiger partial charge on any atom is 0.416 e. The smallest absolute Gasteiger partial charge is 0.416 e. The minimum absolute atomic E-state index is 0.0618. The molecule has 0 radical (unpaired) electrons. The Hall–Kier alpha value is -3.34. The van der Waals surface area contributed by atoms with Crippen molar-refractivity contribution in [2.24, 2.45) is 0 Å². The molecule has 0 saturated carbocycles. The fraction of sp³-hybridized carbons (Fsp3) is 0.458. The highest BCUT2D eigenvalue weighted by Crippen LogP contribution is 2.31. The van der Waals surface area contributed by atoms with Crippen LogP contribution in [0.4, 0.5) is 18.9 Å². The second kappa shape index (κ2) is 9.73. The van der Waals surface area contributed by atoms with E-state index < -0.39 is 11.7 Å². The van der Waals surface area contributed by atoms with Crippen LogP contribution in [-0.4, -0.2) is 58.6 Å². The Balaban J connectivity index is 1.17. The van der Waals surface area contributed by atoms with Gasteiger partial charge in [-0.05, 0) is 50.2 Å². The van der Waals surface area contributed by atoms with E-state index in [1.54, 1.807) is 23.0 Å². The predicted octanol–water partition coefficient (Wildman–Crippen LogP) is 3.28. The Bertz CT molecular complexity index is 1170. The van der Waals surface area contributed by atoms with E-state index in [0.29, 0.717) is 43.2 Å². The molecule has 35 heavy (non-hydrogen) atoms. The first kappa shape index (κ1) is 23.4. The first-order valence-electron chi connectivity index (χ1n) is 11.8. The summed E-state index contributed by atoms with van der Waals surface area (Å²) in [5.74, 6) is 0.236. The maximum absolute atomic E-state index is 12.8. The van der Waals surface area contributed by atoms with E-state index in [-0.39, 0.29) is 18.1 Å². The zero-order valence-electron chi connectivity index (χ0n) is 19.1. The van der Waals surface area contributed by atoms with E-state index in [4.69, 9.17) is 4.74 Å². The molecule has 4 heterocycles. The number of imidazole rings is 1. The van der Waals surface area contributed by atoms with Crippen LogP contribution in [0.15, 0.2) is 42.9 Å². The van der Waals surface area contributed by atoms with Crippen LogP contribution in [0.25, 0.3) is 5.65 Å². The Labute approximate surface area is 200 Å². The van der Waals surface area contributed by atoms with Gasteiger partial charge in [0.15, 0.2) is 0 Å². The third-order valence-electron chi connectivity index (χ3n) is 6.52. The summed E-state index contributed by atoms with van der Waals surface area (Å²) in [7, 11) is 0. The lowest BCUT2D eigenvalue weighted by atomic mass is 10.1. The van der Waals surface area contributed by atoms with Gasteiger partial charge in [0.2, 0.25) is 5.88 Å². The fourth-order valence-corrected chi connectivity index (χ4v) is 4.54. The molecule has 2 N–H and O–H groups in total. The summed E-state index contributed by atoms with van der Waals surface area (Å²) in [6.07, 6.45) is 2.07. The zero-order valence-corrected chi connectivity index (χ0v) is 19.1. The van der Waals surface area contributed by atoms with Gasteiger partial charge in [-0.1, -0.05) is 0 Å². The average Bonchev–Trinajstić information content (AvgIpc) is 3.29. The van der Waals surface area contributed by atoms with Crippen molar-refractivity contribution in [2.45, 2.75) is 44.0 Å². The quantitative estimate of drug-likeness (QED) is 0.574. The molecule has 5 rings (SSSR count). The number of aromatic nitrogens is 3. The molecule has 8 nitrogen and oxygen atoms in total. The zero-order chi connectivity index (χ0) is 24.4. The van der Waals surface area contributed by atoms with E-state index in [2.05, 4.69) is 25.5 Å². The number of amides is 1. The van der Waals surface area contributed by atoms with Crippen LogP contribution < -0.4 is 20.3 Å². The Morgan fingerprint density at radius 2 is 1.80 bits per heavy atom. The molecule has 2 aliphatic rings. The summed E-state index contributed by atoms with van der Waals surface area (Å²) >= 11 is 0. The molecule has 1 aromatic carbocycles. The van der Waals surface area contributed by atoms with Crippen LogP contribution in [-0.2, 0) is 6.18 Å². The minimum Gasteiger partial charge on any atom is -0.474 e. The van der Waals surface area contributed by atoms with Crippen molar-refractivity contribution in [3.63, 3.8) is 0 Å². The summed E-state index contributed by atoms with van der Waals surface area (Å²) in [6.45, 7) is 3.12. The molecule has 1 amide bonds. The van der Waals surface area contributed by atoms with E-state index in [9.17, 15) is 18.0 Å². The summed E-state index contributed by atoms with van der Waals surface area (Å²) in [5.41, 5.74) is 1.04. The van der Waals surface area contributed by atoms with Crippen molar-refractivity contribution in [3.8, 4) is 5.88 Å². The molecule has 0 aliphatic carbocycles. The number of nitrogens with zero attached hydrogens (tertiary/aromatic N) is 4. The van der Waals surface area contributed by atoms with Gasteiger partial charge in [-0.15, -0.1) is 0 Å². The summed E-state index contributed by atoms with van der Waals surface area (Å²) in [4.78, 5) is 23.4. The third kappa shape index (κ3) is 5.50. The van der Waals surface area contributed by atoms with Crippen LogP contribution in [0.3, 0.4) is 0 Å². The number of benzene rings is 1. The van der Waals surface area contributed by atoms with Gasteiger partial charge in [0.05, 0.1) is 5.56 Å². The lowest BCUT2D eigenvalue weighted by molar-refractivity contribution is -0.137. The SMILES string of the molecule is O=C(NC1CCNCC1)c1cn2cnc(OC3CCN(c4ccc(C(F)(F)F)cc4)CC3)cc2n1. The molecule has 0 bridgehead atoms. The van der Waals surface area contributed by atoms with E-state index in [1.165, 1.54) is 12.1 Å². The highest BCUT2D eigenvalue weighted by molar-refractivity contribution is 5.93. The van der Waals surface area contributed by atoms with E-state index in [1.807, 2.05) is 0 Å². The molecule has 11 heteroatoms. The number of ether oxygens (including phenoxy) is 1. The molecule has 2 saturated heterocycles. The molecule has 0 atom stereocenters. The van der Waals surface area contributed by atoms with Gasteiger partial charge in [-0.2, -0.15) is 13.2 Å². The van der Waals surface area contributed by atoms with Gasteiger partial charge in [0.25, 0.3) is 5.91 Å². The first-order chi connectivity index (χ1) is 16.8. The number of halogens is 3. The van der Waals surface area contributed by atoms with Gasteiger partial charge < -0.3 is 20.3 Å². The molecule has 2 aromatic heterocycles. The highest BCUT2D eigenvalue weighted by Gasteiger charge is 2.30. The number of anilines is 1. The molecular formula is C24H27F3N6O2. The van der Waals surface area contributed by atoms with Crippen LogP contribution >= 0.6 is 0 Å². The lowest BCUT2D eigenvalue weighted by Crippen LogP contribution is -2.42. The highest BCUT2D eigenvalue weighted by atomic mass is 19.4. The van der Waals surface area contributed by atoms with Gasteiger partial charge in [0.1, 0.15) is 23.8 Å². The fourth-order valence-electron chi connectivity index (χ4n) is 4.54. The number of rotatable bonds is 5. The summed E-state index contributed by atoms with van der Waals surface area (Å²) < 4.78 is 46.1. The van der Waals surface area contributed by atoms with Crippen LogP contribution in [0, 0.1) is 0 Å². The lowest BCUT2D eigenvalue weighted by Gasteiger charge is -2.33. The number of nitrogens with one attached hydrogen (secondary N) is 2. The maximum atomic E-state index is 12.8. The summed E-state index contributed by atoms with van der Waals surface area (Å²) in [5, 5.41) is 6.31. The number of piperidine rings is 2. The molecule has 3 aromatic rings. The van der Waals surface area contributed by atoms with E-state index >= 15 is 0 Å². The number of alkyl halides is 3. The average molecular weight is 489 g/mol. The topological polar surface area (TPSA) is 83.8 Å². The molecule has 2 aliphatic heterocycles. The molecule has 186 valence electrons. The normalized spacial score (nSPS) is 18.1. The van der Waals surface area contributed by atoms with Crippen molar-refractivity contribution < 1.29 is 22.7 Å². The van der Waals surface area contributed by atoms with Crippen molar-refractivity contribution in [1.29, 1.82) is 0 Å². The molecule has 0 unspecified atom stereocenters. The Kier molecular flexibility index (Phi) is 6.50. The van der Waals surface area contributed by atoms with Gasteiger partial charge in [-0.25, -0.2) is 9.97 Å². The third-order valence-corrected chi connectivity index (χ3v) is 6.52. The number of carbonyl (C=O) groups is 1. The van der Waals surface area contributed by atoms with Crippen molar-refractivity contribution in [3.05, 3.63) is 54.1 Å². The van der Waals surface area contributed by atoms with Gasteiger partial charge in [-0.3, -0.25) is 9.20 Å². The number of fused-ring (bicyclic) bond motifs is 1. The minimum atomic E-state index is -4.33. The summed E-state index contributed by atoms with van der Waals surface area (Å²) in [6, 6.07) is 7.11. The van der Waals surface area contributed by atoms with Gasteiger partial charge >= 0.3 is 6.18 Å². The number of hydrogen-bond donors (Lipinski definition) is 2. The largest absolute Gasteiger partial charge is 0.474 e. The second-order valence-electron chi connectivity index (χ2n) is 8.97. The van der Waals surface area contributed by atoms with Crippen molar-refractivity contribution in [2.75, 3.05) is 31.1 Å². The van der Waals surface area contributed by atoms with Crippen LogP contribution in [0.2, 0.25) is 0 Å². The number of hydrogen-bond acceptors (Lipinski definition) is 6. The standard InChI is InChI=1S/C24H27F3N6O2/c25-24(26,27)16-1-3-18(4-2-16)32-11-7-19(8-12-32)35-22-13-21-31-20(14-33(21)15-29-22)23(34)30-17-5-9-28-10-6-17/h1-4,13-15,17,19,28H,5-12H2,(H,30,34). The second-order valence-corrected chi connectivity index (χ2v) is 8.97. The van der Waals surface area contributed by atoms with Crippen molar-refractivity contribution in [1.82, 2.24) is 25.0 Å². The Morgan fingerprint density at radius 1 is 1.09 bits per heavy atom. The Morgan fingerprint density at radius 3 is 2.49 bits per heavy atom. The molecule has 0 spiro atoms. The van der Waals surface area contributed by atoms with Crippen molar-refractivity contribution >= 4 is 17.2 Å². The van der Waals surface area contributed by atoms with Crippen LogP contribution in [0.1, 0.15) is 41.7 Å². The predicted molar refractivity (Wildman–Crippen MR) is 124 cm³/mol.